The molecule has 1 aromatic rings. The van der Waals surface area contributed by atoms with Crippen LogP contribution in [0.5, 0.6) is 0 Å². The van der Waals surface area contributed by atoms with E-state index >= 15 is 0 Å². The van der Waals surface area contributed by atoms with Crippen molar-refractivity contribution in [1.29, 1.82) is 0 Å². The van der Waals surface area contributed by atoms with E-state index in [1.165, 1.54) is 18.7 Å². The van der Waals surface area contributed by atoms with Crippen molar-refractivity contribution >= 4 is 14.3 Å². The molecule has 0 unspecified atom stereocenters. The van der Waals surface area contributed by atoms with Crippen LogP contribution in [-0.4, -0.2) is 34.1 Å². The molecule has 0 saturated carbocycles. The van der Waals surface area contributed by atoms with Gasteiger partial charge in [0.15, 0.2) is 8.32 Å². The van der Waals surface area contributed by atoms with Gasteiger partial charge in [0, 0.05) is 12.0 Å². The normalized spacial score (nSPS) is 14.3. The fraction of sp³-hybridized carbons (Fsp3) is 0.591. The Morgan fingerprint density at radius 3 is 2.30 bits per heavy atom. The van der Waals surface area contributed by atoms with E-state index in [9.17, 15) is 4.79 Å². The fourth-order valence-electron chi connectivity index (χ4n) is 3.13. The number of hydrogen-bond acceptors (Lipinski definition) is 4. The van der Waals surface area contributed by atoms with Crippen LogP contribution in [0.1, 0.15) is 39.7 Å². The van der Waals surface area contributed by atoms with Gasteiger partial charge in [-0.15, -0.1) is 0 Å². The molecule has 0 aliphatic carbocycles. The van der Waals surface area contributed by atoms with Crippen molar-refractivity contribution in [2.24, 2.45) is 5.92 Å². The second-order valence-electron chi connectivity index (χ2n) is 7.04. The Labute approximate surface area is 166 Å². The van der Waals surface area contributed by atoms with Gasteiger partial charge in [0.2, 0.25) is 0 Å². The van der Waals surface area contributed by atoms with Gasteiger partial charge in [-0.05, 0) is 30.1 Å². The van der Waals surface area contributed by atoms with E-state index < -0.39 is 8.32 Å². The van der Waals surface area contributed by atoms with Crippen molar-refractivity contribution < 1.29 is 18.7 Å². The molecule has 0 radical (unpaired) electrons. The van der Waals surface area contributed by atoms with Crippen molar-refractivity contribution in [2.45, 2.75) is 65.0 Å². The average Bonchev–Trinajstić information content (AvgIpc) is 2.71. The molecule has 4 nitrogen and oxygen atoms in total. The first kappa shape index (κ1) is 23.6. The fourth-order valence-corrected chi connectivity index (χ4v) is 6.10. The molecule has 0 heterocycles. The maximum absolute atomic E-state index is 11.4. The van der Waals surface area contributed by atoms with E-state index in [0.29, 0.717) is 19.6 Å². The maximum Gasteiger partial charge on any atom is 0.330 e. The number of rotatable bonds is 13. The van der Waals surface area contributed by atoms with Crippen molar-refractivity contribution in [2.75, 3.05) is 13.7 Å². The molecule has 0 aromatic heterocycles. The van der Waals surface area contributed by atoms with Crippen LogP contribution in [0.4, 0.5) is 0 Å². The van der Waals surface area contributed by atoms with Crippen molar-refractivity contribution in [3.05, 3.63) is 48.0 Å². The third kappa shape index (κ3) is 8.41. The summed E-state index contributed by atoms with van der Waals surface area (Å²) in [5.74, 6) is -0.0840. The van der Waals surface area contributed by atoms with E-state index in [0.717, 1.165) is 18.1 Å². The molecule has 152 valence electrons. The Morgan fingerprint density at radius 2 is 1.74 bits per heavy atom. The second-order valence-corrected chi connectivity index (χ2v) is 11.8. The first-order valence-corrected chi connectivity index (χ1v) is 12.6. The van der Waals surface area contributed by atoms with Gasteiger partial charge in [-0.1, -0.05) is 64.1 Å². The van der Waals surface area contributed by atoms with E-state index in [1.807, 2.05) is 24.3 Å². The molecule has 0 N–H and O–H groups in total. The molecular formula is C22H36O4Si. The lowest BCUT2D eigenvalue weighted by Gasteiger charge is -2.35. The summed E-state index contributed by atoms with van der Waals surface area (Å²) >= 11 is 0. The highest BCUT2D eigenvalue weighted by Crippen LogP contribution is 2.27. The molecule has 0 fully saturated rings. The summed E-state index contributed by atoms with van der Waals surface area (Å²) in [5.41, 5.74) is 1.17. The van der Waals surface area contributed by atoms with Crippen LogP contribution in [0, 0.1) is 5.92 Å². The number of carbonyl (C=O) groups excluding carboxylic acids is 1. The molecule has 2 atom stereocenters. The lowest BCUT2D eigenvalue weighted by atomic mass is 10.0. The third-order valence-electron chi connectivity index (χ3n) is 5.28. The molecule has 27 heavy (non-hydrogen) atoms. The van der Waals surface area contributed by atoms with Gasteiger partial charge in [-0.25, -0.2) is 4.79 Å². The lowest BCUT2D eigenvalue weighted by molar-refractivity contribution is -0.134. The average molecular weight is 393 g/mol. The van der Waals surface area contributed by atoms with E-state index in [1.54, 1.807) is 0 Å². The SMILES string of the molecule is CC[Si](CC)(CC)O[C@H](C/C=C/C(=O)OC)[C@@H](C)COCc1ccccc1. The molecule has 0 aliphatic heterocycles. The number of esters is 1. The van der Waals surface area contributed by atoms with Crippen molar-refractivity contribution in [1.82, 2.24) is 0 Å². The second kappa shape index (κ2) is 12.9. The minimum absolute atomic E-state index is 0.0493. The van der Waals surface area contributed by atoms with Crippen molar-refractivity contribution in [3.8, 4) is 0 Å². The van der Waals surface area contributed by atoms with Gasteiger partial charge in [0.05, 0.1) is 26.4 Å². The van der Waals surface area contributed by atoms with Crippen LogP contribution in [0.15, 0.2) is 42.5 Å². The summed E-state index contributed by atoms with van der Waals surface area (Å²) in [7, 11) is -0.345. The molecule has 1 rings (SSSR count). The molecular weight excluding hydrogens is 356 g/mol. The van der Waals surface area contributed by atoms with Crippen LogP contribution in [-0.2, 0) is 25.3 Å². The van der Waals surface area contributed by atoms with Gasteiger partial charge < -0.3 is 13.9 Å². The summed E-state index contributed by atoms with van der Waals surface area (Å²) in [5, 5.41) is 0. The van der Waals surface area contributed by atoms with Crippen LogP contribution >= 0.6 is 0 Å². The zero-order valence-electron chi connectivity index (χ0n) is 17.6. The zero-order valence-corrected chi connectivity index (χ0v) is 18.6. The smallest absolute Gasteiger partial charge is 0.330 e. The van der Waals surface area contributed by atoms with E-state index in [-0.39, 0.29) is 18.0 Å². The van der Waals surface area contributed by atoms with Crippen LogP contribution < -0.4 is 0 Å². The van der Waals surface area contributed by atoms with Gasteiger partial charge in [0.25, 0.3) is 0 Å². The third-order valence-corrected chi connectivity index (χ3v) is 9.95. The molecule has 5 heteroatoms. The zero-order chi connectivity index (χ0) is 20.1. The molecule has 0 aliphatic rings. The molecule has 0 spiro atoms. The number of methoxy groups -OCH3 is 1. The Morgan fingerprint density at radius 1 is 1.11 bits per heavy atom. The standard InChI is InChI=1S/C22H36O4Si/c1-6-27(7-2,8-3)26-21(15-12-16-22(23)24-5)19(4)17-25-18-20-13-10-9-11-14-20/h9-14,16,19,21H,6-8,15,17-18H2,1-5H3/b16-12+/t19-,21+/m0/s1. The van der Waals surface area contributed by atoms with Gasteiger partial charge in [-0.3, -0.25) is 0 Å². The minimum atomic E-state index is -1.74. The van der Waals surface area contributed by atoms with Gasteiger partial charge >= 0.3 is 5.97 Å². The van der Waals surface area contributed by atoms with Gasteiger partial charge in [-0.2, -0.15) is 0 Å². The highest BCUT2D eigenvalue weighted by molar-refractivity contribution is 6.73. The largest absolute Gasteiger partial charge is 0.466 e. The number of ether oxygens (including phenoxy) is 2. The summed E-state index contributed by atoms with van der Waals surface area (Å²) in [6.07, 6.45) is 4.10. The molecule has 0 saturated heterocycles. The van der Waals surface area contributed by atoms with Crippen molar-refractivity contribution in [3.63, 3.8) is 0 Å². The van der Waals surface area contributed by atoms with Crippen LogP contribution in [0.2, 0.25) is 18.1 Å². The summed E-state index contributed by atoms with van der Waals surface area (Å²) in [6.45, 7) is 10.1. The summed E-state index contributed by atoms with van der Waals surface area (Å²) in [4.78, 5) is 11.4. The Balaban J connectivity index is 2.72. The number of benzene rings is 1. The lowest BCUT2D eigenvalue weighted by Crippen LogP contribution is -2.42. The Bertz CT molecular complexity index is 546. The van der Waals surface area contributed by atoms with E-state index in [2.05, 4.69) is 44.6 Å². The predicted octanol–water partition coefficient (Wildman–Crippen LogP) is 5.35. The topological polar surface area (TPSA) is 44.8 Å². The summed E-state index contributed by atoms with van der Waals surface area (Å²) in [6, 6.07) is 13.5. The predicted molar refractivity (Wildman–Crippen MR) is 113 cm³/mol. The monoisotopic (exact) mass is 392 g/mol. The highest BCUT2D eigenvalue weighted by atomic mass is 28.4. The quantitative estimate of drug-likeness (QED) is 0.258. The Kier molecular flexibility index (Phi) is 11.2. The maximum atomic E-state index is 11.4. The van der Waals surface area contributed by atoms with Gasteiger partial charge in [0.1, 0.15) is 0 Å². The Hall–Kier alpha value is -1.43. The highest BCUT2D eigenvalue weighted by Gasteiger charge is 2.33. The van der Waals surface area contributed by atoms with Crippen LogP contribution in [0.25, 0.3) is 0 Å². The molecule has 0 amide bonds. The first-order valence-electron chi connectivity index (χ1n) is 10.0. The van der Waals surface area contributed by atoms with Crippen LogP contribution in [0.3, 0.4) is 0 Å². The first-order chi connectivity index (χ1) is 13.0. The molecule has 0 bridgehead atoms. The van der Waals surface area contributed by atoms with E-state index in [4.69, 9.17) is 9.16 Å². The summed E-state index contributed by atoms with van der Waals surface area (Å²) < 4.78 is 17.4. The minimum Gasteiger partial charge on any atom is -0.466 e. The number of carbonyl (C=O) groups is 1. The molecule has 1 aromatic carbocycles. The number of hydrogen-bond donors (Lipinski definition) is 0.